The minimum absolute atomic E-state index is 0.0456. The number of benzene rings is 1. The Morgan fingerprint density at radius 1 is 1.44 bits per heavy atom. The van der Waals surface area contributed by atoms with Crippen molar-refractivity contribution in [3.63, 3.8) is 0 Å². The van der Waals surface area contributed by atoms with Crippen LogP contribution in [-0.2, 0) is 4.79 Å². The number of aryl methyl sites for hydroxylation is 2. The molecule has 1 rings (SSSR count). The van der Waals surface area contributed by atoms with Crippen molar-refractivity contribution in [3.05, 3.63) is 42.0 Å². The normalized spacial score (nSPS) is 9.88. The van der Waals surface area contributed by atoms with E-state index in [0.717, 1.165) is 22.6 Å². The van der Waals surface area contributed by atoms with Crippen LogP contribution in [0.2, 0.25) is 0 Å². The lowest BCUT2D eigenvalue weighted by molar-refractivity contribution is -0.113. The van der Waals surface area contributed by atoms with Crippen LogP contribution >= 0.6 is 11.8 Å². The van der Waals surface area contributed by atoms with E-state index in [-0.39, 0.29) is 5.91 Å². The molecule has 1 N–H and O–H groups in total. The van der Waals surface area contributed by atoms with E-state index in [0.29, 0.717) is 5.75 Å². The van der Waals surface area contributed by atoms with Crippen molar-refractivity contribution < 1.29 is 4.79 Å². The highest BCUT2D eigenvalue weighted by Crippen LogP contribution is 2.19. The minimum atomic E-state index is 0.0456. The standard InChI is InChI=1S/C13H17NOS/c1-4-8-16-9-12(15)14-13-10(2)6-5-7-11(13)3/h4-7H,1,8-9H2,2-3H3,(H,14,15). The summed E-state index contributed by atoms with van der Waals surface area (Å²) in [6.07, 6.45) is 1.80. The molecule has 0 bridgehead atoms. The number of anilines is 1. The number of hydrogen-bond donors (Lipinski definition) is 1. The van der Waals surface area contributed by atoms with Crippen LogP contribution in [0.15, 0.2) is 30.9 Å². The zero-order valence-electron chi connectivity index (χ0n) is 9.75. The molecule has 0 aliphatic rings. The largest absolute Gasteiger partial charge is 0.325 e. The molecule has 0 fully saturated rings. The Bertz CT molecular complexity index is 367. The molecule has 0 saturated carbocycles. The average Bonchev–Trinajstić information content (AvgIpc) is 2.24. The first-order chi connectivity index (χ1) is 7.65. The highest BCUT2D eigenvalue weighted by atomic mass is 32.2. The van der Waals surface area contributed by atoms with Gasteiger partial charge in [-0.25, -0.2) is 0 Å². The summed E-state index contributed by atoms with van der Waals surface area (Å²) >= 11 is 1.56. The molecule has 0 saturated heterocycles. The molecular weight excluding hydrogens is 218 g/mol. The number of para-hydroxylation sites is 1. The van der Waals surface area contributed by atoms with Crippen molar-refractivity contribution >= 4 is 23.4 Å². The van der Waals surface area contributed by atoms with Crippen molar-refractivity contribution in [2.75, 3.05) is 16.8 Å². The third-order valence-electron chi connectivity index (χ3n) is 2.21. The van der Waals surface area contributed by atoms with Gasteiger partial charge >= 0.3 is 0 Å². The second-order valence-electron chi connectivity index (χ2n) is 3.62. The average molecular weight is 235 g/mol. The van der Waals surface area contributed by atoms with E-state index in [2.05, 4.69) is 11.9 Å². The lowest BCUT2D eigenvalue weighted by atomic mass is 10.1. The van der Waals surface area contributed by atoms with Crippen LogP contribution in [0, 0.1) is 13.8 Å². The molecule has 0 heterocycles. The molecule has 0 aliphatic heterocycles. The minimum Gasteiger partial charge on any atom is -0.325 e. The van der Waals surface area contributed by atoms with Crippen molar-refractivity contribution in [1.82, 2.24) is 0 Å². The van der Waals surface area contributed by atoms with Crippen molar-refractivity contribution in [2.45, 2.75) is 13.8 Å². The lowest BCUT2D eigenvalue weighted by Crippen LogP contribution is -2.15. The fourth-order valence-corrected chi connectivity index (χ4v) is 1.96. The van der Waals surface area contributed by atoms with Crippen LogP contribution in [0.25, 0.3) is 0 Å². The fourth-order valence-electron chi connectivity index (χ4n) is 1.42. The summed E-state index contributed by atoms with van der Waals surface area (Å²) in [7, 11) is 0. The highest BCUT2D eigenvalue weighted by Gasteiger charge is 2.06. The molecule has 0 radical (unpaired) electrons. The maximum Gasteiger partial charge on any atom is 0.234 e. The Morgan fingerprint density at radius 3 is 2.62 bits per heavy atom. The summed E-state index contributed by atoms with van der Waals surface area (Å²) in [5.74, 6) is 1.32. The second-order valence-corrected chi connectivity index (χ2v) is 4.65. The molecule has 0 spiro atoms. The molecule has 1 aromatic carbocycles. The fraction of sp³-hybridized carbons (Fsp3) is 0.308. The second kappa shape index (κ2) is 6.38. The van der Waals surface area contributed by atoms with Crippen LogP contribution < -0.4 is 5.32 Å². The number of nitrogens with one attached hydrogen (secondary N) is 1. The van der Waals surface area contributed by atoms with Crippen molar-refractivity contribution in [1.29, 1.82) is 0 Å². The van der Waals surface area contributed by atoms with Crippen molar-refractivity contribution in [2.24, 2.45) is 0 Å². The van der Waals surface area contributed by atoms with Crippen LogP contribution in [-0.4, -0.2) is 17.4 Å². The van der Waals surface area contributed by atoms with E-state index in [4.69, 9.17) is 0 Å². The van der Waals surface area contributed by atoms with Gasteiger partial charge in [0.1, 0.15) is 0 Å². The summed E-state index contributed by atoms with van der Waals surface area (Å²) in [5, 5.41) is 2.94. The van der Waals surface area contributed by atoms with E-state index < -0.39 is 0 Å². The van der Waals surface area contributed by atoms with Gasteiger partial charge in [0.05, 0.1) is 5.75 Å². The third kappa shape index (κ3) is 3.74. The summed E-state index contributed by atoms with van der Waals surface area (Å²) in [5.41, 5.74) is 3.14. The molecule has 0 aliphatic carbocycles. The van der Waals surface area contributed by atoms with E-state index in [1.54, 1.807) is 17.8 Å². The Morgan fingerprint density at radius 2 is 2.06 bits per heavy atom. The van der Waals surface area contributed by atoms with Gasteiger partial charge in [-0.15, -0.1) is 18.3 Å². The van der Waals surface area contributed by atoms with Gasteiger partial charge in [-0.3, -0.25) is 4.79 Å². The summed E-state index contributed by atoms with van der Waals surface area (Å²) in [6.45, 7) is 7.62. The first-order valence-corrected chi connectivity index (χ1v) is 6.35. The van der Waals surface area contributed by atoms with Crippen LogP contribution in [0.1, 0.15) is 11.1 Å². The topological polar surface area (TPSA) is 29.1 Å². The van der Waals surface area contributed by atoms with Gasteiger partial charge in [0, 0.05) is 11.4 Å². The Kier molecular flexibility index (Phi) is 5.12. The predicted molar refractivity (Wildman–Crippen MR) is 72.1 cm³/mol. The van der Waals surface area contributed by atoms with E-state index >= 15 is 0 Å². The molecule has 3 heteroatoms. The van der Waals surface area contributed by atoms with E-state index in [9.17, 15) is 4.79 Å². The maximum atomic E-state index is 11.6. The zero-order chi connectivity index (χ0) is 12.0. The molecule has 0 aromatic heterocycles. The molecular formula is C13H17NOS. The molecule has 86 valence electrons. The zero-order valence-corrected chi connectivity index (χ0v) is 10.6. The van der Waals surface area contributed by atoms with Gasteiger partial charge in [0.25, 0.3) is 0 Å². The Balaban J connectivity index is 2.59. The van der Waals surface area contributed by atoms with Crippen LogP contribution in [0.3, 0.4) is 0 Å². The first-order valence-electron chi connectivity index (χ1n) is 5.20. The van der Waals surface area contributed by atoms with Crippen LogP contribution in [0.4, 0.5) is 5.69 Å². The number of hydrogen-bond acceptors (Lipinski definition) is 2. The molecule has 2 nitrogen and oxygen atoms in total. The number of rotatable bonds is 5. The van der Waals surface area contributed by atoms with Crippen LogP contribution in [0.5, 0.6) is 0 Å². The molecule has 1 aromatic rings. The monoisotopic (exact) mass is 235 g/mol. The number of thioether (sulfide) groups is 1. The van der Waals surface area contributed by atoms with Gasteiger partial charge in [-0.2, -0.15) is 0 Å². The summed E-state index contributed by atoms with van der Waals surface area (Å²) < 4.78 is 0. The quantitative estimate of drug-likeness (QED) is 0.627. The number of carbonyl (C=O) groups excluding carboxylic acids is 1. The SMILES string of the molecule is C=CCSCC(=O)Nc1c(C)cccc1C. The first kappa shape index (κ1) is 12.8. The van der Waals surface area contributed by atoms with Gasteiger partial charge in [-0.1, -0.05) is 24.3 Å². The molecule has 16 heavy (non-hydrogen) atoms. The summed E-state index contributed by atoms with van der Waals surface area (Å²) in [6, 6.07) is 5.99. The highest BCUT2D eigenvalue weighted by molar-refractivity contribution is 8.00. The molecule has 0 atom stereocenters. The van der Waals surface area contributed by atoms with Gasteiger partial charge in [0.15, 0.2) is 0 Å². The van der Waals surface area contributed by atoms with Gasteiger partial charge < -0.3 is 5.32 Å². The smallest absolute Gasteiger partial charge is 0.234 e. The molecule has 0 unspecified atom stereocenters. The van der Waals surface area contributed by atoms with E-state index in [1.165, 1.54) is 0 Å². The predicted octanol–water partition coefficient (Wildman–Crippen LogP) is 3.16. The molecule has 1 amide bonds. The Labute approximate surface area is 101 Å². The van der Waals surface area contributed by atoms with Gasteiger partial charge in [0.2, 0.25) is 5.91 Å². The van der Waals surface area contributed by atoms with Gasteiger partial charge in [-0.05, 0) is 25.0 Å². The number of carbonyl (C=O) groups is 1. The van der Waals surface area contributed by atoms with E-state index in [1.807, 2.05) is 32.0 Å². The third-order valence-corrected chi connectivity index (χ3v) is 3.15. The lowest BCUT2D eigenvalue weighted by Gasteiger charge is -2.10. The Hall–Kier alpha value is -1.22. The van der Waals surface area contributed by atoms with Crippen molar-refractivity contribution in [3.8, 4) is 0 Å². The summed E-state index contributed by atoms with van der Waals surface area (Å²) in [4.78, 5) is 11.6. The maximum absolute atomic E-state index is 11.6. The number of amides is 1.